The smallest absolute Gasteiger partial charge is 0.243 e. The molecule has 5 rings (SSSR count). The first-order chi connectivity index (χ1) is 16.5. The van der Waals surface area contributed by atoms with Crippen LogP contribution >= 0.6 is 11.6 Å². The van der Waals surface area contributed by atoms with Crippen LogP contribution in [0.4, 0.5) is 11.8 Å². The van der Waals surface area contributed by atoms with Gasteiger partial charge in [0.25, 0.3) is 0 Å². The van der Waals surface area contributed by atoms with Gasteiger partial charge in [-0.2, -0.15) is 4.98 Å². The number of hydrogen-bond acceptors (Lipinski definition) is 7. The number of halogens is 1. The van der Waals surface area contributed by atoms with E-state index in [1.54, 1.807) is 13.3 Å². The second-order valence-corrected chi connectivity index (χ2v) is 9.33. The molecule has 176 valence electrons. The summed E-state index contributed by atoms with van der Waals surface area (Å²) >= 11 is 6.09. The van der Waals surface area contributed by atoms with Gasteiger partial charge in [0.1, 0.15) is 12.1 Å². The molecule has 1 atom stereocenters. The largest absolute Gasteiger partial charge is 0.393 e. The summed E-state index contributed by atoms with van der Waals surface area (Å²) in [5.41, 5.74) is 4.64. The quantitative estimate of drug-likeness (QED) is 0.431. The molecule has 1 aliphatic rings. The van der Waals surface area contributed by atoms with Crippen molar-refractivity contribution in [2.24, 2.45) is 0 Å². The van der Waals surface area contributed by atoms with Gasteiger partial charge < -0.3 is 15.3 Å². The average Bonchev–Trinajstić information content (AvgIpc) is 3.24. The van der Waals surface area contributed by atoms with Crippen LogP contribution in [0.3, 0.4) is 0 Å². The van der Waals surface area contributed by atoms with Crippen LogP contribution in [0.1, 0.15) is 31.2 Å². The molecule has 0 saturated carbocycles. The summed E-state index contributed by atoms with van der Waals surface area (Å²) in [6.45, 7) is 5.58. The maximum atomic E-state index is 9.98. The maximum absolute atomic E-state index is 9.98. The Hall–Kier alpha value is -3.23. The summed E-state index contributed by atoms with van der Waals surface area (Å²) in [5.74, 6) is 1.58. The number of benzene rings is 1. The number of pyridine rings is 1. The Kier molecular flexibility index (Phi) is 6.34. The molecule has 0 aliphatic carbocycles. The van der Waals surface area contributed by atoms with Crippen LogP contribution in [0.5, 0.6) is 0 Å². The van der Waals surface area contributed by atoms with E-state index < -0.39 is 6.10 Å². The maximum Gasteiger partial charge on any atom is 0.243 e. The number of anilines is 2. The van der Waals surface area contributed by atoms with E-state index in [1.807, 2.05) is 53.9 Å². The van der Waals surface area contributed by atoms with Gasteiger partial charge in [0.15, 0.2) is 5.65 Å². The number of aliphatic hydroxyl groups is 1. The van der Waals surface area contributed by atoms with Gasteiger partial charge in [0.05, 0.1) is 6.10 Å². The SMILES string of the molecule is Cc1cc(N2CCC(Nc3nc4c(-c5ccc(Cl)cc5)ccc(CC(C)O)n4n3)CC2)ncn1. The topological polar surface area (TPSA) is 91.5 Å². The molecular weight excluding hydrogens is 450 g/mol. The summed E-state index contributed by atoms with van der Waals surface area (Å²) in [6.07, 6.45) is 3.57. The van der Waals surface area contributed by atoms with Crippen LogP contribution in [-0.2, 0) is 6.42 Å². The normalized spacial score (nSPS) is 15.6. The lowest BCUT2D eigenvalue weighted by molar-refractivity contribution is 0.193. The van der Waals surface area contributed by atoms with Crippen molar-refractivity contribution in [1.29, 1.82) is 0 Å². The monoisotopic (exact) mass is 477 g/mol. The van der Waals surface area contributed by atoms with Gasteiger partial charge in [-0.1, -0.05) is 23.7 Å². The van der Waals surface area contributed by atoms with E-state index in [-0.39, 0.29) is 6.04 Å². The Balaban J connectivity index is 1.38. The molecule has 4 heterocycles. The van der Waals surface area contributed by atoms with Crippen LogP contribution in [0, 0.1) is 6.92 Å². The van der Waals surface area contributed by atoms with Crippen molar-refractivity contribution >= 4 is 29.0 Å². The van der Waals surface area contributed by atoms with E-state index in [0.717, 1.165) is 59.9 Å². The molecule has 1 aliphatic heterocycles. The van der Waals surface area contributed by atoms with Crippen molar-refractivity contribution < 1.29 is 5.11 Å². The lowest BCUT2D eigenvalue weighted by Gasteiger charge is -2.32. The molecule has 0 spiro atoms. The first-order valence-corrected chi connectivity index (χ1v) is 12.0. The van der Waals surface area contributed by atoms with E-state index in [0.29, 0.717) is 17.4 Å². The number of rotatable bonds is 6. The Morgan fingerprint density at radius 2 is 1.88 bits per heavy atom. The van der Waals surface area contributed by atoms with Crippen molar-refractivity contribution in [2.45, 2.75) is 45.3 Å². The predicted molar refractivity (Wildman–Crippen MR) is 134 cm³/mol. The molecule has 2 N–H and O–H groups in total. The zero-order valence-electron chi connectivity index (χ0n) is 19.3. The number of piperidine rings is 1. The summed E-state index contributed by atoms with van der Waals surface area (Å²) in [6, 6.07) is 14.1. The molecule has 1 unspecified atom stereocenters. The van der Waals surface area contributed by atoms with Gasteiger partial charge in [-0.15, -0.1) is 5.10 Å². The number of aryl methyl sites for hydroxylation is 1. The fourth-order valence-corrected chi connectivity index (χ4v) is 4.56. The Labute approximate surface area is 203 Å². The minimum atomic E-state index is -0.472. The Morgan fingerprint density at radius 3 is 2.59 bits per heavy atom. The lowest BCUT2D eigenvalue weighted by Crippen LogP contribution is -2.39. The van der Waals surface area contributed by atoms with Gasteiger partial charge in [0.2, 0.25) is 5.95 Å². The third-order valence-corrected chi connectivity index (χ3v) is 6.42. The number of fused-ring (bicyclic) bond motifs is 1. The number of aliphatic hydroxyl groups excluding tert-OH is 1. The lowest BCUT2D eigenvalue weighted by atomic mass is 10.1. The van der Waals surface area contributed by atoms with Gasteiger partial charge in [-0.05, 0) is 56.5 Å². The molecule has 3 aromatic heterocycles. The van der Waals surface area contributed by atoms with Gasteiger partial charge in [0, 0.05) is 53.6 Å². The molecule has 8 nitrogen and oxygen atoms in total. The highest BCUT2D eigenvalue weighted by atomic mass is 35.5. The minimum Gasteiger partial charge on any atom is -0.393 e. The summed E-state index contributed by atoms with van der Waals surface area (Å²) in [7, 11) is 0. The van der Waals surface area contributed by atoms with Gasteiger partial charge in [-0.3, -0.25) is 0 Å². The van der Waals surface area contributed by atoms with E-state index in [2.05, 4.69) is 20.2 Å². The van der Waals surface area contributed by atoms with Crippen molar-refractivity contribution in [2.75, 3.05) is 23.3 Å². The summed E-state index contributed by atoms with van der Waals surface area (Å²) < 4.78 is 1.85. The highest BCUT2D eigenvalue weighted by Crippen LogP contribution is 2.28. The van der Waals surface area contributed by atoms with E-state index in [4.69, 9.17) is 21.7 Å². The molecule has 9 heteroatoms. The van der Waals surface area contributed by atoms with Crippen LogP contribution in [0.25, 0.3) is 16.8 Å². The molecule has 1 fully saturated rings. The van der Waals surface area contributed by atoms with Crippen LogP contribution in [0.15, 0.2) is 48.8 Å². The molecular formula is C25H28ClN7O. The zero-order valence-corrected chi connectivity index (χ0v) is 20.1. The molecule has 0 radical (unpaired) electrons. The number of nitrogens with zero attached hydrogens (tertiary/aromatic N) is 6. The molecule has 0 bridgehead atoms. The zero-order chi connectivity index (χ0) is 23.7. The summed E-state index contributed by atoms with van der Waals surface area (Å²) in [4.78, 5) is 15.8. The Bertz CT molecular complexity index is 1280. The van der Waals surface area contributed by atoms with E-state index >= 15 is 0 Å². The van der Waals surface area contributed by atoms with Crippen molar-refractivity contribution in [3.05, 3.63) is 65.2 Å². The Morgan fingerprint density at radius 1 is 1.12 bits per heavy atom. The van der Waals surface area contributed by atoms with E-state index in [9.17, 15) is 5.11 Å². The second kappa shape index (κ2) is 9.56. The molecule has 1 saturated heterocycles. The molecule has 0 amide bonds. The molecule has 1 aromatic carbocycles. The summed E-state index contributed by atoms with van der Waals surface area (Å²) in [5, 5.41) is 19.0. The number of hydrogen-bond donors (Lipinski definition) is 2. The molecule has 4 aromatic rings. The molecule has 34 heavy (non-hydrogen) atoms. The first-order valence-electron chi connectivity index (χ1n) is 11.6. The van der Waals surface area contributed by atoms with Gasteiger partial charge >= 0.3 is 0 Å². The third kappa shape index (κ3) is 4.83. The van der Waals surface area contributed by atoms with Crippen LogP contribution in [-0.4, -0.2) is 54.9 Å². The average molecular weight is 478 g/mol. The minimum absolute atomic E-state index is 0.274. The predicted octanol–water partition coefficient (Wildman–Crippen LogP) is 4.15. The highest BCUT2D eigenvalue weighted by Gasteiger charge is 2.22. The van der Waals surface area contributed by atoms with Crippen molar-refractivity contribution in [3.8, 4) is 11.1 Å². The van der Waals surface area contributed by atoms with Crippen molar-refractivity contribution in [3.63, 3.8) is 0 Å². The second-order valence-electron chi connectivity index (χ2n) is 8.89. The fourth-order valence-electron chi connectivity index (χ4n) is 4.43. The highest BCUT2D eigenvalue weighted by molar-refractivity contribution is 6.30. The van der Waals surface area contributed by atoms with Crippen LogP contribution < -0.4 is 10.2 Å². The number of aromatic nitrogens is 5. The van der Waals surface area contributed by atoms with Crippen molar-refractivity contribution in [1.82, 2.24) is 24.6 Å². The van der Waals surface area contributed by atoms with Gasteiger partial charge in [-0.25, -0.2) is 14.5 Å². The van der Waals surface area contributed by atoms with E-state index in [1.165, 1.54) is 0 Å². The first kappa shape index (κ1) is 22.6. The number of nitrogens with one attached hydrogen (secondary N) is 1. The van der Waals surface area contributed by atoms with Crippen LogP contribution in [0.2, 0.25) is 5.02 Å². The third-order valence-electron chi connectivity index (χ3n) is 6.16. The fraction of sp³-hybridized carbons (Fsp3) is 0.360. The standard InChI is InChI=1S/C25H28ClN7O/c1-16-13-23(28-15-27-16)32-11-9-20(10-12-32)29-25-30-24-22(18-3-5-19(26)6-4-18)8-7-21(14-17(2)34)33(24)31-25/h3-8,13,15,17,20,34H,9-12,14H2,1-2H3,(H,29,31).